The standard InChI is InChI=1S/C19H22N2O3S/c1-4-20-19(22)12-21-17-10-9-14(13(2)3)11-16(17)15-7-5-6-8-18(15)25(21,23)24/h5-11,13H,4,12H2,1-3H3,(H,20,22). The zero-order valence-corrected chi connectivity index (χ0v) is 15.4. The summed E-state index contributed by atoms with van der Waals surface area (Å²) in [5.41, 5.74) is 3.22. The van der Waals surface area contributed by atoms with E-state index in [0.717, 1.165) is 11.1 Å². The first-order valence-electron chi connectivity index (χ1n) is 8.39. The fraction of sp³-hybridized carbons (Fsp3) is 0.316. The number of benzene rings is 2. The number of anilines is 1. The predicted octanol–water partition coefficient (Wildman–Crippen LogP) is 3.12. The van der Waals surface area contributed by atoms with Crippen LogP contribution in [0.4, 0.5) is 5.69 Å². The number of carbonyl (C=O) groups excluding carboxylic acids is 1. The Balaban J connectivity index is 2.21. The summed E-state index contributed by atoms with van der Waals surface area (Å²) in [6, 6.07) is 12.7. The molecule has 1 N–H and O–H groups in total. The average Bonchev–Trinajstić information content (AvgIpc) is 2.58. The normalized spacial score (nSPS) is 14.8. The van der Waals surface area contributed by atoms with Gasteiger partial charge in [0.15, 0.2) is 0 Å². The van der Waals surface area contributed by atoms with Gasteiger partial charge in [0.2, 0.25) is 5.91 Å². The number of amides is 1. The summed E-state index contributed by atoms with van der Waals surface area (Å²) in [5.74, 6) is 0.0113. The van der Waals surface area contributed by atoms with Gasteiger partial charge in [-0.2, -0.15) is 0 Å². The monoisotopic (exact) mass is 358 g/mol. The largest absolute Gasteiger partial charge is 0.355 e. The topological polar surface area (TPSA) is 66.5 Å². The van der Waals surface area contributed by atoms with Crippen molar-refractivity contribution < 1.29 is 13.2 Å². The second-order valence-electron chi connectivity index (χ2n) is 6.39. The lowest BCUT2D eigenvalue weighted by Crippen LogP contribution is -2.42. The highest BCUT2D eigenvalue weighted by Crippen LogP contribution is 2.43. The van der Waals surface area contributed by atoms with Crippen molar-refractivity contribution in [3.05, 3.63) is 48.0 Å². The van der Waals surface area contributed by atoms with Crippen LogP contribution in [0, 0.1) is 0 Å². The van der Waals surface area contributed by atoms with E-state index in [1.54, 1.807) is 25.1 Å². The van der Waals surface area contributed by atoms with Crippen molar-refractivity contribution in [2.45, 2.75) is 31.6 Å². The molecule has 0 fully saturated rings. The molecule has 0 saturated heterocycles. The maximum Gasteiger partial charge on any atom is 0.265 e. The fourth-order valence-electron chi connectivity index (χ4n) is 3.06. The van der Waals surface area contributed by atoms with Gasteiger partial charge in [0.05, 0.1) is 10.6 Å². The minimum atomic E-state index is -3.77. The van der Waals surface area contributed by atoms with Crippen molar-refractivity contribution in [3.8, 4) is 11.1 Å². The molecule has 2 aromatic carbocycles. The Morgan fingerprint density at radius 3 is 2.52 bits per heavy atom. The lowest BCUT2D eigenvalue weighted by Gasteiger charge is -2.32. The van der Waals surface area contributed by atoms with E-state index in [1.807, 2.05) is 24.3 Å². The zero-order valence-electron chi connectivity index (χ0n) is 14.6. The molecule has 1 heterocycles. The number of hydrogen-bond donors (Lipinski definition) is 1. The lowest BCUT2D eigenvalue weighted by atomic mass is 9.95. The zero-order chi connectivity index (χ0) is 18.2. The Morgan fingerprint density at radius 2 is 1.84 bits per heavy atom. The molecule has 25 heavy (non-hydrogen) atoms. The molecule has 6 heteroatoms. The number of likely N-dealkylation sites (N-methyl/N-ethyl adjacent to an activating group) is 1. The smallest absolute Gasteiger partial charge is 0.265 e. The molecule has 1 amide bonds. The van der Waals surface area contributed by atoms with Crippen LogP contribution in [0.25, 0.3) is 11.1 Å². The summed E-state index contributed by atoms with van der Waals surface area (Å²) in [4.78, 5) is 12.3. The Morgan fingerprint density at radius 1 is 1.12 bits per heavy atom. The third kappa shape index (κ3) is 3.02. The Kier molecular flexibility index (Phi) is 4.56. The number of nitrogens with one attached hydrogen (secondary N) is 1. The molecule has 0 bridgehead atoms. The second kappa shape index (κ2) is 6.52. The van der Waals surface area contributed by atoms with Crippen molar-refractivity contribution in [2.24, 2.45) is 0 Å². The Labute approximate surface area is 148 Å². The molecule has 2 aromatic rings. The molecule has 0 aromatic heterocycles. The molecular formula is C19H22N2O3S. The Bertz CT molecular complexity index is 920. The molecule has 0 aliphatic carbocycles. The van der Waals surface area contributed by atoms with Crippen LogP contribution >= 0.6 is 0 Å². The van der Waals surface area contributed by atoms with Crippen molar-refractivity contribution >= 4 is 21.6 Å². The van der Waals surface area contributed by atoms with Gasteiger partial charge in [0.25, 0.3) is 10.0 Å². The number of fused-ring (bicyclic) bond motifs is 3. The summed E-state index contributed by atoms with van der Waals surface area (Å²) in [6.07, 6.45) is 0. The number of rotatable bonds is 4. The van der Waals surface area contributed by atoms with E-state index in [4.69, 9.17) is 0 Å². The van der Waals surface area contributed by atoms with E-state index >= 15 is 0 Å². The fourth-order valence-corrected chi connectivity index (χ4v) is 4.71. The average molecular weight is 358 g/mol. The minimum absolute atomic E-state index is 0.224. The minimum Gasteiger partial charge on any atom is -0.355 e. The molecule has 0 unspecified atom stereocenters. The molecule has 5 nitrogen and oxygen atoms in total. The van der Waals surface area contributed by atoms with E-state index in [2.05, 4.69) is 19.2 Å². The molecule has 3 rings (SSSR count). The van der Waals surface area contributed by atoms with Crippen LogP contribution in [0.2, 0.25) is 0 Å². The van der Waals surface area contributed by atoms with Gasteiger partial charge in [-0.3, -0.25) is 9.10 Å². The van der Waals surface area contributed by atoms with E-state index in [1.165, 1.54) is 4.31 Å². The van der Waals surface area contributed by atoms with E-state index in [9.17, 15) is 13.2 Å². The van der Waals surface area contributed by atoms with Crippen molar-refractivity contribution in [1.29, 1.82) is 0 Å². The highest BCUT2D eigenvalue weighted by atomic mass is 32.2. The van der Waals surface area contributed by atoms with Gasteiger partial charge in [-0.25, -0.2) is 8.42 Å². The number of hydrogen-bond acceptors (Lipinski definition) is 3. The van der Waals surface area contributed by atoms with Crippen LogP contribution in [0.5, 0.6) is 0 Å². The van der Waals surface area contributed by atoms with Crippen LogP contribution in [0.15, 0.2) is 47.4 Å². The molecule has 132 valence electrons. The summed E-state index contributed by atoms with van der Waals surface area (Å²) >= 11 is 0. The molecular weight excluding hydrogens is 336 g/mol. The van der Waals surface area contributed by atoms with E-state index < -0.39 is 10.0 Å². The van der Waals surface area contributed by atoms with E-state index in [0.29, 0.717) is 23.7 Å². The van der Waals surface area contributed by atoms with Gasteiger partial charge in [-0.15, -0.1) is 0 Å². The lowest BCUT2D eigenvalue weighted by molar-refractivity contribution is -0.119. The van der Waals surface area contributed by atoms with Gasteiger partial charge in [0.1, 0.15) is 6.54 Å². The first-order chi connectivity index (χ1) is 11.9. The number of nitrogens with zero attached hydrogens (tertiary/aromatic N) is 1. The maximum absolute atomic E-state index is 13.1. The van der Waals surface area contributed by atoms with E-state index in [-0.39, 0.29) is 17.3 Å². The molecule has 0 radical (unpaired) electrons. The van der Waals surface area contributed by atoms with Gasteiger partial charge in [-0.05, 0) is 36.6 Å². The quantitative estimate of drug-likeness (QED) is 0.913. The van der Waals surface area contributed by atoms with Crippen LogP contribution < -0.4 is 9.62 Å². The second-order valence-corrected chi connectivity index (χ2v) is 8.22. The number of carbonyl (C=O) groups is 1. The van der Waals surface area contributed by atoms with Crippen molar-refractivity contribution in [2.75, 3.05) is 17.4 Å². The highest BCUT2D eigenvalue weighted by Gasteiger charge is 2.35. The van der Waals surface area contributed by atoms with Gasteiger partial charge >= 0.3 is 0 Å². The first-order valence-corrected chi connectivity index (χ1v) is 9.83. The Hall–Kier alpha value is -2.34. The summed E-state index contributed by atoms with van der Waals surface area (Å²) in [6.45, 7) is 6.24. The SMILES string of the molecule is CCNC(=O)CN1c2ccc(C(C)C)cc2-c2ccccc2S1(=O)=O. The molecule has 0 spiro atoms. The molecule has 0 saturated carbocycles. The first kappa shape index (κ1) is 17.5. The summed E-state index contributed by atoms with van der Waals surface area (Å²) < 4.78 is 27.4. The maximum atomic E-state index is 13.1. The molecule has 0 atom stereocenters. The van der Waals surface area contributed by atoms with Crippen molar-refractivity contribution in [1.82, 2.24) is 5.32 Å². The molecule has 1 aliphatic rings. The molecule has 1 aliphatic heterocycles. The van der Waals surface area contributed by atoms with Crippen LogP contribution in [0.1, 0.15) is 32.3 Å². The van der Waals surface area contributed by atoms with Gasteiger partial charge < -0.3 is 5.32 Å². The number of sulfonamides is 1. The summed E-state index contributed by atoms with van der Waals surface area (Å²) in [5, 5.41) is 2.67. The van der Waals surface area contributed by atoms with Gasteiger partial charge in [-0.1, -0.05) is 38.1 Å². The highest BCUT2D eigenvalue weighted by molar-refractivity contribution is 7.93. The van der Waals surface area contributed by atoms with Crippen LogP contribution in [-0.4, -0.2) is 27.4 Å². The third-order valence-corrected chi connectivity index (χ3v) is 6.18. The predicted molar refractivity (Wildman–Crippen MR) is 99.2 cm³/mol. The van der Waals surface area contributed by atoms with Crippen LogP contribution in [-0.2, 0) is 14.8 Å². The third-order valence-electron chi connectivity index (χ3n) is 4.36. The summed E-state index contributed by atoms with van der Waals surface area (Å²) in [7, 11) is -3.77. The van der Waals surface area contributed by atoms with Gasteiger partial charge in [0, 0.05) is 17.7 Å². The van der Waals surface area contributed by atoms with Crippen molar-refractivity contribution in [3.63, 3.8) is 0 Å². The van der Waals surface area contributed by atoms with Crippen LogP contribution in [0.3, 0.4) is 0 Å².